The lowest BCUT2D eigenvalue weighted by Crippen LogP contribution is -2.18. The molecular weight excluding hydrogens is 320 g/mol. The Morgan fingerprint density at radius 3 is 2.62 bits per heavy atom. The summed E-state index contributed by atoms with van der Waals surface area (Å²) < 4.78 is 28.4. The third-order valence-corrected chi connectivity index (χ3v) is 4.06. The van der Waals surface area contributed by atoms with Crippen molar-refractivity contribution >= 4 is 33.3 Å². The lowest BCUT2D eigenvalue weighted by atomic mass is 10.1. The van der Waals surface area contributed by atoms with Gasteiger partial charge in [0.15, 0.2) is 0 Å². The van der Waals surface area contributed by atoms with Gasteiger partial charge in [0.05, 0.1) is 29.1 Å². The average molecular weight is 331 g/mol. The highest BCUT2D eigenvalue weighted by molar-refractivity contribution is 7.89. The smallest absolute Gasteiger partial charge is 0.337 e. The second kappa shape index (κ2) is 5.76. The van der Waals surface area contributed by atoms with Crippen molar-refractivity contribution < 1.29 is 22.7 Å². The van der Waals surface area contributed by atoms with Gasteiger partial charge in [-0.25, -0.2) is 18.4 Å². The predicted molar refractivity (Wildman–Crippen MR) is 75.8 cm³/mol. The molecule has 0 aliphatic rings. The fourth-order valence-electron chi connectivity index (χ4n) is 1.78. The zero-order chi connectivity index (χ0) is 15.6. The van der Waals surface area contributed by atoms with Gasteiger partial charge in [-0.3, -0.25) is 0 Å². The molecule has 7 nitrogen and oxygen atoms in total. The van der Waals surface area contributed by atoms with E-state index in [2.05, 4.69) is 5.32 Å². The lowest BCUT2D eigenvalue weighted by Gasteiger charge is -2.14. The molecule has 112 valence electrons. The van der Waals surface area contributed by atoms with Gasteiger partial charge in [-0.1, -0.05) is 11.6 Å². The van der Waals surface area contributed by atoms with Crippen LogP contribution in [0.3, 0.4) is 0 Å². The van der Waals surface area contributed by atoms with Crippen molar-refractivity contribution in [3.63, 3.8) is 0 Å². The highest BCUT2D eigenvalue weighted by atomic mass is 35.5. The van der Waals surface area contributed by atoms with Crippen LogP contribution in [0.25, 0.3) is 0 Å². The summed E-state index contributed by atoms with van der Waals surface area (Å²) in [7, 11) is -4.20. The van der Waals surface area contributed by atoms with E-state index in [0.29, 0.717) is 5.76 Å². The SMILES string of the molecule is NS(=O)(=O)c1c(Cl)ccc(C(=O)O)c1NCc1ccco1. The molecule has 2 aromatic rings. The topological polar surface area (TPSA) is 123 Å². The van der Waals surface area contributed by atoms with Crippen LogP contribution in [0.2, 0.25) is 5.02 Å². The molecule has 0 saturated heterocycles. The minimum absolute atomic E-state index is 0.0795. The average Bonchev–Trinajstić information content (AvgIpc) is 2.87. The van der Waals surface area contributed by atoms with E-state index >= 15 is 0 Å². The van der Waals surface area contributed by atoms with E-state index in [9.17, 15) is 13.2 Å². The first-order valence-corrected chi connectivity index (χ1v) is 7.58. The Bertz CT molecular complexity index is 771. The number of nitrogens with one attached hydrogen (secondary N) is 1. The lowest BCUT2D eigenvalue weighted by molar-refractivity contribution is 0.0697. The first-order valence-electron chi connectivity index (χ1n) is 5.65. The number of benzene rings is 1. The molecule has 0 saturated carbocycles. The third kappa shape index (κ3) is 3.35. The molecule has 0 amide bonds. The van der Waals surface area contributed by atoms with Crippen LogP contribution in [-0.4, -0.2) is 19.5 Å². The Labute approximate surface area is 125 Å². The summed E-state index contributed by atoms with van der Waals surface area (Å²) in [5.41, 5.74) is -0.427. The van der Waals surface area contributed by atoms with Gasteiger partial charge < -0.3 is 14.8 Å². The fourth-order valence-corrected chi connectivity index (χ4v) is 3.06. The van der Waals surface area contributed by atoms with Crippen molar-refractivity contribution in [2.75, 3.05) is 5.32 Å². The van der Waals surface area contributed by atoms with Crippen molar-refractivity contribution in [3.05, 3.63) is 46.9 Å². The molecule has 21 heavy (non-hydrogen) atoms. The number of carboxylic acid groups (broad SMARTS) is 1. The summed E-state index contributed by atoms with van der Waals surface area (Å²) >= 11 is 5.84. The van der Waals surface area contributed by atoms with Crippen LogP contribution >= 0.6 is 11.6 Å². The molecule has 0 unspecified atom stereocenters. The quantitative estimate of drug-likeness (QED) is 0.769. The molecule has 0 atom stereocenters. The van der Waals surface area contributed by atoms with Gasteiger partial charge in [0.2, 0.25) is 10.0 Å². The van der Waals surface area contributed by atoms with Crippen molar-refractivity contribution in [2.24, 2.45) is 5.14 Å². The third-order valence-electron chi connectivity index (χ3n) is 2.64. The van der Waals surface area contributed by atoms with Gasteiger partial charge in [-0.15, -0.1) is 0 Å². The van der Waals surface area contributed by atoms with Gasteiger partial charge >= 0.3 is 5.97 Å². The zero-order valence-corrected chi connectivity index (χ0v) is 12.1. The standard InChI is InChI=1S/C12H11ClN2O5S/c13-9-4-3-8(12(16)17)10(11(9)21(14,18)19)15-6-7-2-1-5-20-7/h1-5,15H,6H2,(H,16,17)(H2,14,18,19). The maximum atomic E-state index is 11.6. The fraction of sp³-hybridized carbons (Fsp3) is 0.0833. The summed E-state index contributed by atoms with van der Waals surface area (Å²) in [4.78, 5) is 10.8. The van der Waals surface area contributed by atoms with E-state index in [1.165, 1.54) is 18.4 Å². The summed E-state index contributed by atoms with van der Waals surface area (Å²) in [5, 5.41) is 16.8. The maximum absolute atomic E-state index is 11.6. The number of halogens is 1. The molecule has 1 aromatic carbocycles. The monoisotopic (exact) mass is 330 g/mol. The number of hydrogen-bond acceptors (Lipinski definition) is 5. The van der Waals surface area contributed by atoms with Gasteiger partial charge in [-0.2, -0.15) is 0 Å². The molecule has 0 spiro atoms. The molecule has 0 radical (unpaired) electrons. The Kier molecular flexibility index (Phi) is 4.21. The van der Waals surface area contributed by atoms with E-state index in [-0.39, 0.29) is 22.8 Å². The zero-order valence-electron chi connectivity index (χ0n) is 10.5. The molecule has 0 aliphatic heterocycles. The maximum Gasteiger partial charge on any atom is 0.337 e. The van der Waals surface area contributed by atoms with Gasteiger partial charge in [0.25, 0.3) is 0 Å². The van der Waals surface area contributed by atoms with E-state index in [1.807, 2.05) is 0 Å². The van der Waals surface area contributed by atoms with Crippen molar-refractivity contribution in [3.8, 4) is 0 Å². The number of carbonyl (C=O) groups is 1. The molecule has 1 aromatic heterocycles. The Balaban J connectivity index is 2.53. The molecular formula is C12H11ClN2O5S. The Morgan fingerprint density at radius 2 is 2.10 bits per heavy atom. The number of primary sulfonamides is 1. The second-order valence-corrected chi connectivity index (χ2v) is 5.99. The number of aromatic carboxylic acids is 1. The van der Waals surface area contributed by atoms with Gasteiger partial charge in [0.1, 0.15) is 10.7 Å². The van der Waals surface area contributed by atoms with Crippen molar-refractivity contribution in [1.29, 1.82) is 0 Å². The summed E-state index contributed by atoms with van der Waals surface area (Å²) in [6, 6.07) is 5.66. The minimum atomic E-state index is -4.20. The van der Waals surface area contributed by atoms with E-state index < -0.39 is 20.9 Å². The summed E-state index contributed by atoms with van der Waals surface area (Å²) in [5.74, 6) is -0.815. The van der Waals surface area contributed by atoms with Crippen LogP contribution in [0.1, 0.15) is 16.1 Å². The summed E-state index contributed by atoms with van der Waals surface area (Å²) in [6.07, 6.45) is 1.44. The number of anilines is 1. The molecule has 9 heteroatoms. The highest BCUT2D eigenvalue weighted by Crippen LogP contribution is 2.32. The summed E-state index contributed by atoms with van der Waals surface area (Å²) in [6.45, 7) is 0.0795. The molecule has 4 N–H and O–H groups in total. The molecule has 0 bridgehead atoms. The molecule has 0 aliphatic carbocycles. The van der Waals surface area contributed by atoms with Crippen LogP contribution in [0, 0.1) is 0 Å². The van der Waals surface area contributed by atoms with Crippen LogP contribution in [0.15, 0.2) is 39.8 Å². The largest absolute Gasteiger partial charge is 0.478 e. The Morgan fingerprint density at radius 1 is 1.38 bits per heavy atom. The number of carboxylic acids is 1. The van der Waals surface area contributed by atoms with Crippen LogP contribution in [0.5, 0.6) is 0 Å². The van der Waals surface area contributed by atoms with Crippen molar-refractivity contribution in [1.82, 2.24) is 0 Å². The van der Waals surface area contributed by atoms with Crippen LogP contribution in [-0.2, 0) is 16.6 Å². The van der Waals surface area contributed by atoms with Crippen molar-refractivity contribution in [2.45, 2.75) is 11.4 Å². The number of furan rings is 1. The Hall–Kier alpha value is -2.03. The minimum Gasteiger partial charge on any atom is -0.478 e. The van der Waals surface area contributed by atoms with E-state index in [1.54, 1.807) is 12.1 Å². The normalized spacial score (nSPS) is 11.3. The molecule has 2 rings (SSSR count). The van der Waals surface area contributed by atoms with Gasteiger partial charge in [-0.05, 0) is 24.3 Å². The number of nitrogens with two attached hydrogens (primary N) is 1. The molecule has 0 fully saturated rings. The molecule has 1 heterocycles. The van der Waals surface area contributed by atoms with Crippen LogP contribution < -0.4 is 10.5 Å². The number of hydrogen-bond donors (Lipinski definition) is 3. The van der Waals surface area contributed by atoms with E-state index in [4.69, 9.17) is 26.3 Å². The second-order valence-electron chi connectivity index (χ2n) is 4.08. The van der Waals surface area contributed by atoms with Gasteiger partial charge in [0, 0.05) is 0 Å². The number of rotatable bonds is 5. The highest BCUT2D eigenvalue weighted by Gasteiger charge is 2.24. The number of sulfonamides is 1. The predicted octanol–water partition coefficient (Wildman–Crippen LogP) is 1.89. The van der Waals surface area contributed by atoms with Crippen LogP contribution in [0.4, 0.5) is 5.69 Å². The van der Waals surface area contributed by atoms with E-state index in [0.717, 1.165) is 0 Å². The first-order chi connectivity index (χ1) is 9.80. The first kappa shape index (κ1) is 15.4.